The summed E-state index contributed by atoms with van der Waals surface area (Å²) >= 11 is 0. The predicted octanol–water partition coefficient (Wildman–Crippen LogP) is 1.12. The summed E-state index contributed by atoms with van der Waals surface area (Å²) in [6.45, 7) is 5.62. The Labute approximate surface area is 73.9 Å². The van der Waals surface area contributed by atoms with E-state index in [4.69, 9.17) is 6.42 Å². The lowest BCUT2D eigenvalue weighted by atomic mass is 9.95. The third kappa shape index (κ3) is 1.79. The highest BCUT2D eigenvalue weighted by Gasteiger charge is 2.30. The number of nitrogens with zero attached hydrogens (tertiary/aromatic N) is 1. The summed E-state index contributed by atoms with van der Waals surface area (Å²) in [4.78, 5) is 13.1. The Bertz CT molecular complexity index is 214. The van der Waals surface area contributed by atoms with E-state index in [1.165, 1.54) is 0 Å². The van der Waals surface area contributed by atoms with Gasteiger partial charge in [0.05, 0.1) is 6.54 Å². The van der Waals surface area contributed by atoms with E-state index >= 15 is 0 Å². The van der Waals surface area contributed by atoms with E-state index < -0.39 is 0 Å². The molecule has 12 heavy (non-hydrogen) atoms. The van der Waals surface area contributed by atoms with Gasteiger partial charge in [0, 0.05) is 13.0 Å². The van der Waals surface area contributed by atoms with E-state index in [1.54, 1.807) is 4.90 Å². The van der Waals surface area contributed by atoms with Crippen molar-refractivity contribution in [2.75, 3.05) is 13.1 Å². The van der Waals surface area contributed by atoms with Crippen molar-refractivity contribution in [3.05, 3.63) is 0 Å². The molecule has 66 valence electrons. The van der Waals surface area contributed by atoms with Gasteiger partial charge in [0.1, 0.15) is 0 Å². The molecule has 2 heteroatoms. The highest BCUT2D eigenvalue weighted by molar-refractivity contribution is 5.78. The zero-order valence-corrected chi connectivity index (χ0v) is 7.71. The van der Waals surface area contributed by atoms with Crippen molar-refractivity contribution in [1.29, 1.82) is 0 Å². The van der Waals surface area contributed by atoms with Gasteiger partial charge in [-0.1, -0.05) is 19.8 Å². The average Bonchev–Trinajstić information content (AvgIpc) is 2.34. The van der Waals surface area contributed by atoms with Gasteiger partial charge in [-0.3, -0.25) is 4.79 Å². The molecule has 0 aromatic rings. The first-order valence-electron chi connectivity index (χ1n) is 4.36. The van der Waals surface area contributed by atoms with Crippen LogP contribution in [0.5, 0.6) is 0 Å². The third-order valence-electron chi connectivity index (χ3n) is 2.47. The Morgan fingerprint density at radius 2 is 2.42 bits per heavy atom. The van der Waals surface area contributed by atoms with E-state index in [0.29, 0.717) is 24.8 Å². The third-order valence-corrected chi connectivity index (χ3v) is 2.47. The molecule has 0 aliphatic carbocycles. The van der Waals surface area contributed by atoms with Gasteiger partial charge < -0.3 is 4.90 Å². The van der Waals surface area contributed by atoms with Crippen LogP contribution in [0.1, 0.15) is 20.3 Å². The molecule has 0 saturated carbocycles. The molecule has 1 rings (SSSR count). The fourth-order valence-corrected chi connectivity index (χ4v) is 1.51. The van der Waals surface area contributed by atoms with E-state index in [-0.39, 0.29) is 5.91 Å². The quantitative estimate of drug-likeness (QED) is 0.561. The van der Waals surface area contributed by atoms with Crippen molar-refractivity contribution in [2.24, 2.45) is 11.8 Å². The molecular formula is C10H15NO. The number of likely N-dealkylation sites (tertiary alicyclic amines) is 1. The summed E-state index contributed by atoms with van der Waals surface area (Å²) in [6.07, 6.45) is 5.83. The summed E-state index contributed by atoms with van der Waals surface area (Å²) in [6, 6.07) is 0. The first-order valence-corrected chi connectivity index (χ1v) is 4.36. The topological polar surface area (TPSA) is 20.3 Å². The maximum atomic E-state index is 11.3. The summed E-state index contributed by atoms with van der Waals surface area (Å²) < 4.78 is 0. The molecule has 1 atom stereocenters. The molecule has 1 unspecified atom stereocenters. The Balaban J connectivity index is 2.51. The molecule has 0 N–H and O–H groups in total. The summed E-state index contributed by atoms with van der Waals surface area (Å²) in [5.74, 6) is 3.80. The van der Waals surface area contributed by atoms with Crippen molar-refractivity contribution in [2.45, 2.75) is 20.3 Å². The number of carbonyl (C=O) groups excluding carboxylic acids is 1. The maximum Gasteiger partial charge on any atom is 0.223 e. The maximum absolute atomic E-state index is 11.3. The number of amides is 1. The lowest BCUT2D eigenvalue weighted by Crippen LogP contribution is -2.25. The highest BCUT2D eigenvalue weighted by atomic mass is 16.2. The molecule has 0 aromatic carbocycles. The van der Waals surface area contributed by atoms with Crippen molar-refractivity contribution < 1.29 is 4.79 Å². The van der Waals surface area contributed by atoms with Crippen LogP contribution in [0.25, 0.3) is 0 Å². The van der Waals surface area contributed by atoms with Crippen molar-refractivity contribution >= 4 is 5.91 Å². The second kappa shape index (κ2) is 3.62. The lowest BCUT2D eigenvalue weighted by molar-refractivity contribution is -0.127. The Morgan fingerprint density at radius 3 is 2.83 bits per heavy atom. The van der Waals surface area contributed by atoms with E-state index in [1.807, 2.05) is 0 Å². The molecule has 1 saturated heterocycles. The average molecular weight is 165 g/mol. The first-order chi connectivity index (χ1) is 5.65. The summed E-state index contributed by atoms with van der Waals surface area (Å²) in [5, 5.41) is 0. The van der Waals surface area contributed by atoms with E-state index in [2.05, 4.69) is 19.8 Å². The van der Waals surface area contributed by atoms with E-state index in [0.717, 1.165) is 6.54 Å². The molecule has 1 aliphatic heterocycles. The minimum atomic E-state index is 0.214. The molecular weight excluding hydrogens is 150 g/mol. The lowest BCUT2D eigenvalue weighted by Gasteiger charge is -2.14. The monoisotopic (exact) mass is 165 g/mol. The molecule has 1 heterocycles. The molecule has 1 amide bonds. The number of carbonyl (C=O) groups is 1. The molecule has 1 fully saturated rings. The molecule has 0 aromatic heterocycles. The minimum absolute atomic E-state index is 0.214. The second-order valence-corrected chi connectivity index (χ2v) is 3.69. The van der Waals surface area contributed by atoms with Gasteiger partial charge in [-0.2, -0.15) is 0 Å². The van der Waals surface area contributed by atoms with Crippen molar-refractivity contribution in [3.63, 3.8) is 0 Å². The van der Waals surface area contributed by atoms with Crippen molar-refractivity contribution in [3.8, 4) is 12.3 Å². The second-order valence-electron chi connectivity index (χ2n) is 3.69. The predicted molar refractivity (Wildman–Crippen MR) is 48.4 cm³/mol. The Hall–Kier alpha value is -0.970. The van der Waals surface area contributed by atoms with Gasteiger partial charge >= 0.3 is 0 Å². The first kappa shape index (κ1) is 9.12. The number of hydrogen-bond acceptors (Lipinski definition) is 1. The van der Waals surface area contributed by atoms with E-state index in [9.17, 15) is 4.79 Å². The number of rotatable bonds is 2. The standard InChI is InChI=1S/C10H15NO/c1-4-5-11-7-9(8(2)3)6-10(11)12/h1,8-9H,5-7H2,2-3H3. The van der Waals surface area contributed by atoms with Crippen LogP contribution < -0.4 is 0 Å². The summed E-state index contributed by atoms with van der Waals surface area (Å²) in [5.41, 5.74) is 0. The van der Waals surface area contributed by atoms with Gasteiger partial charge in [0.15, 0.2) is 0 Å². The summed E-state index contributed by atoms with van der Waals surface area (Å²) in [7, 11) is 0. The van der Waals surface area contributed by atoms with Crippen molar-refractivity contribution in [1.82, 2.24) is 4.90 Å². The highest BCUT2D eigenvalue weighted by Crippen LogP contribution is 2.23. The number of terminal acetylenes is 1. The van der Waals surface area contributed by atoms with Crippen LogP contribution in [0, 0.1) is 24.2 Å². The molecule has 0 radical (unpaired) electrons. The van der Waals surface area contributed by atoms with Crippen LogP contribution in [0.3, 0.4) is 0 Å². The molecule has 0 spiro atoms. The fourth-order valence-electron chi connectivity index (χ4n) is 1.51. The zero-order valence-electron chi connectivity index (χ0n) is 7.71. The van der Waals surface area contributed by atoms with Gasteiger partial charge in [0.2, 0.25) is 5.91 Å². The van der Waals surface area contributed by atoms with Crippen LogP contribution >= 0.6 is 0 Å². The van der Waals surface area contributed by atoms with Gasteiger partial charge in [0.25, 0.3) is 0 Å². The van der Waals surface area contributed by atoms with Gasteiger partial charge in [-0.15, -0.1) is 6.42 Å². The van der Waals surface area contributed by atoms with Crippen LogP contribution in [-0.4, -0.2) is 23.9 Å². The zero-order chi connectivity index (χ0) is 9.14. The SMILES string of the molecule is C#CCN1CC(C(C)C)CC1=O. The normalized spacial score (nSPS) is 23.3. The minimum Gasteiger partial charge on any atom is -0.331 e. The largest absolute Gasteiger partial charge is 0.331 e. The van der Waals surface area contributed by atoms with Gasteiger partial charge in [-0.05, 0) is 11.8 Å². The van der Waals surface area contributed by atoms with Crippen LogP contribution in [0.4, 0.5) is 0 Å². The van der Waals surface area contributed by atoms with Gasteiger partial charge in [-0.25, -0.2) is 0 Å². The Morgan fingerprint density at radius 1 is 1.75 bits per heavy atom. The molecule has 0 bridgehead atoms. The molecule has 2 nitrogen and oxygen atoms in total. The van der Waals surface area contributed by atoms with Crippen LogP contribution in [0.2, 0.25) is 0 Å². The van der Waals surface area contributed by atoms with Crippen LogP contribution in [-0.2, 0) is 4.79 Å². The Kier molecular flexibility index (Phi) is 2.75. The van der Waals surface area contributed by atoms with Crippen LogP contribution in [0.15, 0.2) is 0 Å². The smallest absolute Gasteiger partial charge is 0.223 e. The molecule has 1 aliphatic rings. The number of hydrogen-bond donors (Lipinski definition) is 0. The fraction of sp³-hybridized carbons (Fsp3) is 0.700.